The molecule has 3 fully saturated rings. The van der Waals surface area contributed by atoms with Crippen molar-refractivity contribution in [2.45, 2.75) is 57.5 Å². The van der Waals surface area contributed by atoms with Gasteiger partial charge in [0.1, 0.15) is 12.6 Å². The van der Waals surface area contributed by atoms with Gasteiger partial charge in [0, 0.05) is 6.04 Å². The third-order valence-corrected chi connectivity index (χ3v) is 5.23. The van der Waals surface area contributed by atoms with E-state index in [4.69, 9.17) is 5.11 Å². The summed E-state index contributed by atoms with van der Waals surface area (Å²) in [5, 5.41) is 9.17. The number of hydrogen-bond donors (Lipinski definition) is 1. The minimum atomic E-state index is -1.07. The molecule has 3 rings (SSSR count). The molecule has 126 valence electrons. The Kier molecular flexibility index (Phi) is 4.12. The fraction of sp³-hybridized carbons (Fsp3) is 0.750. The van der Waals surface area contributed by atoms with E-state index in [2.05, 4.69) is 0 Å². The number of imide groups is 1. The zero-order chi connectivity index (χ0) is 16.7. The first-order valence-electron chi connectivity index (χ1n) is 8.31. The normalized spacial score (nSPS) is 28.5. The number of aliphatic carboxylic acids is 1. The maximum Gasteiger partial charge on any atom is 0.326 e. The predicted molar refractivity (Wildman–Crippen MR) is 79.1 cm³/mol. The first-order valence-corrected chi connectivity index (χ1v) is 8.31. The van der Waals surface area contributed by atoms with Crippen LogP contribution >= 0.6 is 0 Å². The lowest BCUT2D eigenvalue weighted by molar-refractivity contribution is -0.153. The Balaban J connectivity index is 1.72. The minimum absolute atomic E-state index is 0.0799. The molecule has 0 aromatic heterocycles. The molecule has 1 saturated heterocycles. The summed E-state index contributed by atoms with van der Waals surface area (Å²) in [6, 6.07) is -1.02. The van der Waals surface area contributed by atoms with Crippen molar-refractivity contribution in [2.75, 3.05) is 6.54 Å². The SMILES string of the molecule is CC(C(=O)O)N(C(=O)CN1C(=O)C2CCCCC2C1=O)C1CC1. The third-order valence-electron chi connectivity index (χ3n) is 5.23. The Bertz CT molecular complexity index is 533. The molecule has 0 aromatic carbocycles. The third kappa shape index (κ3) is 2.84. The van der Waals surface area contributed by atoms with E-state index >= 15 is 0 Å². The summed E-state index contributed by atoms with van der Waals surface area (Å²) in [4.78, 5) is 51.0. The van der Waals surface area contributed by atoms with Gasteiger partial charge in [-0.3, -0.25) is 19.3 Å². The van der Waals surface area contributed by atoms with Crippen LogP contribution in [-0.4, -0.2) is 57.2 Å². The van der Waals surface area contributed by atoms with Crippen molar-refractivity contribution >= 4 is 23.7 Å². The van der Waals surface area contributed by atoms with Gasteiger partial charge in [-0.15, -0.1) is 0 Å². The van der Waals surface area contributed by atoms with Gasteiger partial charge >= 0.3 is 5.97 Å². The molecule has 0 bridgehead atoms. The molecule has 3 unspecified atom stereocenters. The molecule has 3 amide bonds. The van der Waals surface area contributed by atoms with Gasteiger partial charge in [-0.05, 0) is 32.6 Å². The second-order valence-electron chi connectivity index (χ2n) is 6.81. The van der Waals surface area contributed by atoms with Gasteiger partial charge in [-0.1, -0.05) is 12.8 Å². The number of carboxylic acids is 1. The Morgan fingerprint density at radius 2 is 1.65 bits per heavy atom. The van der Waals surface area contributed by atoms with E-state index in [0.29, 0.717) is 12.8 Å². The molecule has 3 aliphatic rings. The highest BCUT2D eigenvalue weighted by atomic mass is 16.4. The van der Waals surface area contributed by atoms with Gasteiger partial charge < -0.3 is 10.0 Å². The van der Waals surface area contributed by atoms with Crippen molar-refractivity contribution in [2.24, 2.45) is 11.8 Å². The van der Waals surface area contributed by atoms with Gasteiger partial charge in [-0.2, -0.15) is 0 Å². The van der Waals surface area contributed by atoms with Crippen LogP contribution in [0, 0.1) is 11.8 Å². The zero-order valence-corrected chi connectivity index (χ0v) is 13.2. The van der Waals surface area contributed by atoms with E-state index in [1.807, 2.05) is 0 Å². The molecule has 0 aromatic rings. The summed E-state index contributed by atoms with van der Waals surface area (Å²) in [6.07, 6.45) is 4.83. The van der Waals surface area contributed by atoms with Crippen molar-refractivity contribution < 1.29 is 24.3 Å². The van der Waals surface area contributed by atoms with E-state index < -0.39 is 17.9 Å². The lowest BCUT2D eigenvalue weighted by atomic mass is 9.81. The summed E-state index contributed by atoms with van der Waals surface area (Å²) >= 11 is 0. The number of likely N-dealkylation sites (tertiary alicyclic amines) is 1. The summed E-state index contributed by atoms with van der Waals surface area (Å²) in [7, 11) is 0. The van der Waals surface area contributed by atoms with Crippen LogP contribution in [-0.2, 0) is 19.2 Å². The number of amides is 3. The second-order valence-corrected chi connectivity index (χ2v) is 6.81. The first-order chi connectivity index (χ1) is 10.9. The van der Waals surface area contributed by atoms with Crippen molar-refractivity contribution in [3.63, 3.8) is 0 Å². The minimum Gasteiger partial charge on any atom is -0.480 e. The maximum absolute atomic E-state index is 12.5. The monoisotopic (exact) mass is 322 g/mol. The van der Waals surface area contributed by atoms with Crippen LogP contribution in [0.3, 0.4) is 0 Å². The predicted octanol–water partition coefficient (Wildman–Crippen LogP) is 0.626. The van der Waals surface area contributed by atoms with E-state index in [0.717, 1.165) is 30.6 Å². The van der Waals surface area contributed by atoms with Gasteiger partial charge in [0.05, 0.1) is 11.8 Å². The summed E-state index contributed by atoms with van der Waals surface area (Å²) < 4.78 is 0. The van der Waals surface area contributed by atoms with Crippen molar-refractivity contribution in [1.29, 1.82) is 0 Å². The highest BCUT2D eigenvalue weighted by Crippen LogP contribution is 2.38. The summed E-state index contributed by atoms with van der Waals surface area (Å²) in [6.45, 7) is 1.14. The van der Waals surface area contributed by atoms with E-state index in [-0.39, 0.29) is 36.2 Å². The Morgan fingerprint density at radius 3 is 2.09 bits per heavy atom. The highest BCUT2D eigenvalue weighted by Gasteiger charge is 2.49. The molecule has 2 saturated carbocycles. The summed E-state index contributed by atoms with van der Waals surface area (Å²) in [5.41, 5.74) is 0. The van der Waals surface area contributed by atoms with E-state index in [1.54, 1.807) is 0 Å². The standard InChI is InChI=1S/C16H22N2O5/c1-9(16(22)23)18(10-6-7-10)13(19)8-17-14(20)11-4-2-3-5-12(11)15(17)21/h9-12H,2-8H2,1H3,(H,22,23). The number of rotatable bonds is 5. The molecule has 1 heterocycles. The molecule has 7 heteroatoms. The number of fused-ring (bicyclic) bond motifs is 1. The number of hydrogen-bond acceptors (Lipinski definition) is 4. The van der Waals surface area contributed by atoms with Crippen LogP contribution in [0.5, 0.6) is 0 Å². The zero-order valence-electron chi connectivity index (χ0n) is 13.2. The van der Waals surface area contributed by atoms with Gasteiger partial charge in [0.2, 0.25) is 17.7 Å². The molecule has 0 radical (unpaired) electrons. The largest absolute Gasteiger partial charge is 0.480 e. The molecular formula is C16H22N2O5. The highest BCUT2D eigenvalue weighted by molar-refractivity contribution is 6.07. The van der Waals surface area contributed by atoms with Gasteiger partial charge in [-0.25, -0.2) is 4.79 Å². The number of carbonyl (C=O) groups is 4. The molecular weight excluding hydrogens is 300 g/mol. The molecule has 1 N–H and O–H groups in total. The molecule has 2 aliphatic carbocycles. The molecule has 0 spiro atoms. The quantitative estimate of drug-likeness (QED) is 0.749. The Hall–Kier alpha value is -1.92. The number of carbonyl (C=O) groups excluding carboxylic acids is 3. The fourth-order valence-corrected chi connectivity index (χ4v) is 3.81. The first kappa shape index (κ1) is 16.0. The van der Waals surface area contributed by atoms with Crippen molar-refractivity contribution in [1.82, 2.24) is 9.80 Å². The van der Waals surface area contributed by atoms with Crippen molar-refractivity contribution in [3.8, 4) is 0 Å². The Morgan fingerprint density at radius 1 is 1.13 bits per heavy atom. The Labute approximate surface area is 134 Å². The molecule has 3 atom stereocenters. The average Bonchev–Trinajstić information content (AvgIpc) is 3.32. The molecule has 23 heavy (non-hydrogen) atoms. The van der Waals surface area contributed by atoms with Crippen LogP contribution < -0.4 is 0 Å². The van der Waals surface area contributed by atoms with E-state index in [1.165, 1.54) is 11.8 Å². The smallest absolute Gasteiger partial charge is 0.326 e. The van der Waals surface area contributed by atoms with Gasteiger partial charge in [0.25, 0.3) is 0 Å². The molecule has 7 nitrogen and oxygen atoms in total. The van der Waals surface area contributed by atoms with Crippen molar-refractivity contribution in [3.05, 3.63) is 0 Å². The lowest BCUT2D eigenvalue weighted by Gasteiger charge is -2.28. The van der Waals surface area contributed by atoms with E-state index in [9.17, 15) is 19.2 Å². The van der Waals surface area contributed by atoms with Crippen LogP contribution in [0.1, 0.15) is 45.4 Å². The maximum atomic E-state index is 12.5. The topological polar surface area (TPSA) is 95.0 Å². The number of carboxylic acid groups (broad SMARTS) is 1. The van der Waals surface area contributed by atoms with Crippen LogP contribution in [0.15, 0.2) is 0 Å². The number of nitrogens with zero attached hydrogens (tertiary/aromatic N) is 2. The van der Waals surface area contributed by atoms with Crippen LogP contribution in [0.4, 0.5) is 0 Å². The average molecular weight is 322 g/mol. The lowest BCUT2D eigenvalue weighted by Crippen LogP contribution is -2.50. The summed E-state index contributed by atoms with van der Waals surface area (Å²) in [5.74, 6) is -2.59. The second kappa shape index (κ2) is 5.94. The van der Waals surface area contributed by atoms with Crippen LogP contribution in [0.2, 0.25) is 0 Å². The van der Waals surface area contributed by atoms with Gasteiger partial charge in [0.15, 0.2) is 0 Å². The molecule has 1 aliphatic heterocycles. The van der Waals surface area contributed by atoms with Crippen LogP contribution in [0.25, 0.3) is 0 Å². The fourth-order valence-electron chi connectivity index (χ4n) is 3.81.